The Kier molecular flexibility index (Phi) is 4.34. The SMILES string of the molecule is Cc1ccc(N=c2ccc3c(-c4ccccc4)[nH]nc4c5ccccc5c(=O)c2c34)c(C)c1. The van der Waals surface area contributed by atoms with E-state index in [9.17, 15) is 4.79 Å². The topological polar surface area (TPSA) is 58.1 Å². The van der Waals surface area contributed by atoms with E-state index < -0.39 is 0 Å². The van der Waals surface area contributed by atoms with Gasteiger partial charge in [-0.2, -0.15) is 5.10 Å². The minimum atomic E-state index is -0.0146. The van der Waals surface area contributed by atoms with E-state index in [1.807, 2.05) is 85.8 Å². The lowest BCUT2D eigenvalue weighted by Gasteiger charge is -2.12. The van der Waals surface area contributed by atoms with Gasteiger partial charge in [-0.15, -0.1) is 0 Å². The number of nitrogens with zero attached hydrogens (tertiary/aromatic N) is 2. The fourth-order valence-electron chi connectivity index (χ4n) is 4.70. The number of hydrogen-bond acceptors (Lipinski definition) is 3. The van der Waals surface area contributed by atoms with Gasteiger partial charge in [-0.3, -0.25) is 9.89 Å². The summed E-state index contributed by atoms with van der Waals surface area (Å²) in [5.41, 5.74) is 5.81. The van der Waals surface area contributed by atoms with Gasteiger partial charge in [-0.05, 0) is 37.6 Å². The molecule has 4 heteroatoms. The van der Waals surface area contributed by atoms with Crippen LogP contribution in [0.25, 0.3) is 43.7 Å². The molecule has 5 aromatic carbocycles. The molecule has 0 radical (unpaired) electrons. The summed E-state index contributed by atoms with van der Waals surface area (Å²) in [6, 6.07) is 27.9. The molecule has 33 heavy (non-hydrogen) atoms. The van der Waals surface area contributed by atoms with E-state index in [-0.39, 0.29) is 5.43 Å². The van der Waals surface area contributed by atoms with Crippen molar-refractivity contribution in [3.8, 4) is 11.3 Å². The Hall–Kier alpha value is -4.31. The van der Waals surface area contributed by atoms with Crippen molar-refractivity contribution in [3.05, 3.63) is 112 Å². The van der Waals surface area contributed by atoms with E-state index in [1.165, 1.54) is 5.56 Å². The molecular formula is C29H21N3O. The molecule has 0 aliphatic carbocycles. The van der Waals surface area contributed by atoms with Crippen LogP contribution in [-0.4, -0.2) is 10.2 Å². The second-order valence-corrected chi connectivity index (χ2v) is 8.47. The van der Waals surface area contributed by atoms with Crippen molar-refractivity contribution in [1.82, 2.24) is 10.2 Å². The molecule has 1 aromatic heterocycles. The van der Waals surface area contributed by atoms with Crippen LogP contribution in [0.5, 0.6) is 0 Å². The molecule has 0 bridgehead atoms. The Morgan fingerprint density at radius 3 is 2.30 bits per heavy atom. The molecule has 0 saturated carbocycles. The lowest BCUT2D eigenvalue weighted by Crippen LogP contribution is -2.15. The van der Waals surface area contributed by atoms with Gasteiger partial charge in [0, 0.05) is 27.1 Å². The molecule has 158 valence electrons. The molecule has 1 heterocycles. The highest BCUT2D eigenvalue weighted by Gasteiger charge is 2.17. The number of hydrogen-bond donors (Lipinski definition) is 1. The van der Waals surface area contributed by atoms with E-state index in [0.29, 0.717) is 16.1 Å². The zero-order chi connectivity index (χ0) is 22.5. The molecular weight excluding hydrogens is 406 g/mol. The minimum absolute atomic E-state index is 0.0146. The van der Waals surface area contributed by atoms with Gasteiger partial charge in [0.2, 0.25) is 0 Å². The number of H-pyrrole nitrogens is 1. The molecule has 0 amide bonds. The lowest BCUT2D eigenvalue weighted by atomic mass is 9.95. The van der Waals surface area contributed by atoms with Crippen molar-refractivity contribution in [2.75, 3.05) is 0 Å². The van der Waals surface area contributed by atoms with Crippen LogP contribution in [0, 0.1) is 13.8 Å². The zero-order valence-electron chi connectivity index (χ0n) is 18.4. The minimum Gasteiger partial charge on any atom is -0.288 e. The van der Waals surface area contributed by atoms with Crippen LogP contribution < -0.4 is 10.8 Å². The van der Waals surface area contributed by atoms with Gasteiger partial charge >= 0.3 is 0 Å². The maximum atomic E-state index is 13.8. The Labute approximate surface area is 190 Å². The third-order valence-corrected chi connectivity index (χ3v) is 6.28. The fourth-order valence-corrected chi connectivity index (χ4v) is 4.70. The lowest BCUT2D eigenvalue weighted by molar-refractivity contribution is 1.09. The predicted molar refractivity (Wildman–Crippen MR) is 135 cm³/mol. The quantitative estimate of drug-likeness (QED) is 0.265. The van der Waals surface area contributed by atoms with Gasteiger partial charge in [-0.25, -0.2) is 4.99 Å². The first-order valence-corrected chi connectivity index (χ1v) is 11.0. The number of fused-ring (bicyclic) bond motifs is 2. The number of benzene rings is 5. The number of aromatic nitrogens is 2. The van der Waals surface area contributed by atoms with Crippen molar-refractivity contribution in [1.29, 1.82) is 0 Å². The van der Waals surface area contributed by atoms with E-state index in [0.717, 1.165) is 44.2 Å². The Morgan fingerprint density at radius 1 is 0.758 bits per heavy atom. The molecule has 0 spiro atoms. The number of nitrogens with one attached hydrogen (secondary N) is 1. The van der Waals surface area contributed by atoms with Crippen LogP contribution in [0.2, 0.25) is 0 Å². The van der Waals surface area contributed by atoms with Crippen molar-refractivity contribution in [2.45, 2.75) is 13.8 Å². The van der Waals surface area contributed by atoms with E-state index in [1.54, 1.807) is 0 Å². The fraction of sp³-hybridized carbons (Fsp3) is 0.0690. The maximum Gasteiger partial charge on any atom is 0.196 e. The van der Waals surface area contributed by atoms with E-state index in [2.05, 4.69) is 18.1 Å². The highest BCUT2D eigenvalue weighted by molar-refractivity contribution is 6.21. The monoisotopic (exact) mass is 427 g/mol. The molecule has 0 aliphatic rings. The number of rotatable bonds is 2. The summed E-state index contributed by atoms with van der Waals surface area (Å²) in [6.45, 7) is 4.11. The smallest absolute Gasteiger partial charge is 0.196 e. The summed E-state index contributed by atoms with van der Waals surface area (Å²) >= 11 is 0. The summed E-state index contributed by atoms with van der Waals surface area (Å²) in [5, 5.41) is 12.6. The predicted octanol–water partition coefficient (Wildman–Crippen LogP) is 6.18. The highest BCUT2D eigenvalue weighted by atomic mass is 16.1. The Balaban J connectivity index is 1.82. The first-order valence-electron chi connectivity index (χ1n) is 11.0. The average Bonchev–Trinajstić information content (AvgIpc) is 2.84. The largest absolute Gasteiger partial charge is 0.288 e. The second-order valence-electron chi connectivity index (χ2n) is 8.47. The molecule has 6 aromatic rings. The molecule has 0 unspecified atom stereocenters. The van der Waals surface area contributed by atoms with Crippen LogP contribution in [0.3, 0.4) is 0 Å². The first-order chi connectivity index (χ1) is 16.1. The zero-order valence-corrected chi connectivity index (χ0v) is 18.4. The number of aromatic amines is 1. The summed E-state index contributed by atoms with van der Waals surface area (Å²) < 4.78 is 0. The van der Waals surface area contributed by atoms with E-state index >= 15 is 0 Å². The summed E-state index contributed by atoms with van der Waals surface area (Å²) in [6.07, 6.45) is 0. The molecule has 4 nitrogen and oxygen atoms in total. The molecule has 1 N–H and O–H groups in total. The van der Waals surface area contributed by atoms with Gasteiger partial charge in [0.25, 0.3) is 0 Å². The summed E-state index contributed by atoms with van der Waals surface area (Å²) in [4.78, 5) is 18.7. The third-order valence-electron chi connectivity index (χ3n) is 6.28. The molecule has 0 aliphatic heterocycles. The van der Waals surface area contributed by atoms with Gasteiger partial charge in [0.1, 0.15) is 5.52 Å². The molecule has 0 saturated heterocycles. The normalized spacial score (nSPS) is 12.2. The second kappa shape index (κ2) is 7.38. The summed E-state index contributed by atoms with van der Waals surface area (Å²) in [7, 11) is 0. The Morgan fingerprint density at radius 2 is 1.52 bits per heavy atom. The van der Waals surface area contributed by atoms with Crippen LogP contribution >= 0.6 is 0 Å². The summed E-state index contributed by atoms with van der Waals surface area (Å²) in [5.74, 6) is 0. The highest BCUT2D eigenvalue weighted by Crippen LogP contribution is 2.33. The van der Waals surface area contributed by atoms with Gasteiger partial charge in [-0.1, -0.05) is 72.3 Å². The van der Waals surface area contributed by atoms with Crippen LogP contribution in [0.4, 0.5) is 5.69 Å². The van der Waals surface area contributed by atoms with Gasteiger partial charge < -0.3 is 0 Å². The first kappa shape index (κ1) is 19.4. The van der Waals surface area contributed by atoms with Crippen molar-refractivity contribution < 1.29 is 0 Å². The standard InChI is InChI=1S/C29H21N3O/c1-17-12-14-23(18(2)16-17)30-24-15-13-22-25-26(24)29(33)21-11-7-6-10-20(21)28(25)32-31-27(22)19-8-4-3-5-9-19/h3-16,31H,1-2H3. The molecule has 0 atom stereocenters. The van der Waals surface area contributed by atoms with Crippen molar-refractivity contribution in [3.63, 3.8) is 0 Å². The van der Waals surface area contributed by atoms with Crippen molar-refractivity contribution in [2.24, 2.45) is 4.99 Å². The van der Waals surface area contributed by atoms with Crippen LogP contribution in [0.15, 0.2) is 94.7 Å². The van der Waals surface area contributed by atoms with Gasteiger partial charge in [0.05, 0.1) is 22.1 Å². The Bertz CT molecular complexity index is 1800. The third kappa shape index (κ3) is 3.03. The molecule has 0 fully saturated rings. The van der Waals surface area contributed by atoms with Crippen LogP contribution in [-0.2, 0) is 0 Å². The number of aryl methyl sites for hydroxylation is 2. The van der Waals surface area contributed by atoms with Crippen LogP contribution in [0.1, 0.15) is 11.1 Å². The van der Waals surface area contributed by atoms with Gasteiger partial charge in [0.15, 0.2) is 5.43 Å². The average molecular weight is 428 g/mol. The molecule has 6 rings (SSSR count). The maximum absolute atomic E-state index is 13.8. The van der Waals surface area contributed by atoms with E-state index in [4.69, 9.17) is 10.1 Å². The van der Waals surface area contributed by atoms with Crippen molar-refractivity contribution >= 4 is 38.1 Å².